The van der Waals surface area contributed by atoms with Crippen molar-refractivity contribution in [1.29, 1.82) is 0 Å². The van der Waals surface area contributed by atoms with E-state index in [9.17, 15) is 0 Å². The van der Waals surface area contributed by atoms with Crippen LogP contribution in [0.2, 0.25) is 0 Å². The minimum absolute atomic E-state index is 0.631. The Morgan fingerprint density at radius 1 is 1.38 bits per heavy atom. The van der Waals surface area contributed by atoms with Crippen molar-refractivity contribution in [2.75, 3.05) is 13.1 Å². The molecule has 3 heterocycles. The van der Waals surface area contributed by atoms with Gasteiger partial charge < -0.3 is 5.32 Å². The molecule has 1 aliphatic rings. The number of piperidine rings is 1. The Bertz CT molecular complexity index is 441. The van der Waals surface area contributed by atoms with Crippen molar-refractivity contribution < 1.29 is 0 Å². The van der Waals surface area contributed by atoms with Crippen LogP contribution in [-0.4, -0.2) is 18.1 Å². The molecule has 0 unspecified atom stereocenters. The van der Waals surface area contributed by atoms with Gasteiger partial charge in [0.1, 0.15) is 0 Å². The summed E-state index contributed by atoms with van der Waals surface area (Å²) in [6, 6.07) is 2.14. The molecule has 1 saturated heterocycles. The predicted molar refractivity (Wildman–Crippen MR) is 70.3 cm³/mol. The molecule has 2 nitrogen and oxygen atoms in total. The van der Waals surface area contributed by atoms with E-state index in [2.05, 4.69) is 27.5 Å². The van der Waals surface area contributed by atoms with Crippen LogP contribution >= 0.6 is 22.7 Å². The molecule has 0 spiro atoms. The molecule has 3 rings (SSSR count). The quantitative estimate of drug-likeness (QED) is 0.884. The smallest absolute Gasteiger partial charge is 0.0976 e. The molecular formula is C12H14N2S2. The summed E-state index contributed by atoms with van der Waals surface area (Å²) in [5.41, 5.74) is 2.41. The summed E-state index contributed by atoms with van der Waals surface area (Å²) in [5.74, 6) is 0.631. The van der Waals surface area contributed by atoms with Crippen molar-refractivity contribution >= 4 is 22.7 Å². The van der Waals surface area contributed by atoms with Crippen molar-refractivity contribution in [3.8, 4) is 11.3 Å². The summed E-state index contributed by atoms with van der Waals surface area (Å²) in [6.07, 6.45) is 2.56. The molecule has 2 aromatic rings. The molecule has 1 fully saturated rings. The lowest BCUT2D eigenvalue weighted by atomic mass is 10.0. The molecule has 0 bridgehead atoms. The van der Waals surface area contributed by atoms with Gasteiger partial charge in [-0.2, -0.15) is 11.3 Å². The first-order valence-corrected chi connectivity index (χ1v) is 7.44. The first kappa shape index (κ1) is 10.4. The van der Waals surface area contributed by atoms with Crippen LogP contribution in [0.25, 0.3) is 11.3 Å². The standard InChI is InChI=1S/C12H14N2S2/c1-2-9(6-13-4-1)12-14-11(8-16-12)10-3-5-15-7-10/h3,5,7-9,13H,1-2,4,6H2/t9-/m0/s1. The van der Waals surface area contributed by atoms with E-state index in [4.69, 9.17) is 4.98 Å². The maximum absolute atomic E-state index is 4.76. The van der Waals surface area contributed by atoms with E-state index in [1.165, 1.54) is 30.0 Å². The van der Waals surface area contributed by atoms with Gasteiger partial charge >= 0.3 is 0 Å². The van der Waals surface area contributed by atoms with Gasteiger partial charge in [-0.15, -0.1) is 11.3 Å². The van der Waals surface area contributed by atoms with Gasteiger partial charge in [0.2, 0.25) is 0 Å². The zero-order valence-corrected chi connectivity index (χ0v) is 10.6. The summed E-state index contributed by atoms with van der Waals surface area (Å²) in [7, 11) is 0. The van der Waals surface area contributed by atoms with Crippen LogP contribution in [0.15, 0.2) is 22.2 Å². The maximum Gasteiger partial charge on any atom is 0.0976 e. The summed E-state index contributed by atoms with van der Waals surface area (Å²) in [5, 5.41) is 11.2. The molecule has 1 N–H and O–H groups in total. The summed E-state index contributed by atoms with van der Waals surface area (Å²) in [6.45, 7) is 2.26. The molecule has 2 aromatic heterocycles. The van der Waals surface area contributed by atoms with Crippen LogP contribution in [-0.2, 0) is 0 Å². The largest absolute Gasteiger partial charge is 0.316 e. The number of aromatic nitrogens is 1. The Labute approximate surface area is 103 Å². The van der Waals surface area contributed by atoms with Gasteiger partial charge in [0.25, 0.3) is 0 Å². The second kappa shape index (κ2) is 4.65. The number of thiazole rings is 1. The molecule has 1 atom stereocenters. The third-order valence-electron chi connectivity index (χ3n) is 2.99. The van der Waals surface area contributed by atoms with Crippen LogP contribution in [0.5, 0.6) is 0 Å². The normalized spacial score (nSPS) is 21.1. The third-order valence-corrected chi connectivity index (χ3v) is 4.68. The van der Waals surface area contributed by atoms with Gasteiger partial charge in [-0.05, 0) is 30.8 Å². The van der Waals surface area contributed by atoms with Gasteiger partial charge in [0, 0.05) is 28.8 Å². The number of rotatable bonds is 2. The molecule has 0 radical (unpaired) electrons. The second-order valence-electron chi connectivity index (χ2n) is 4.13. The van der Waals surface area contributed by atoms with E-state index in [1.807, 2.05) is 11.3 Å². The van der Waals surface area contributed by atoms with E-state index in [-0.39, 0.29) is 0 Å². The van der Waals surface area contributed by atoms with Crippen LogP contribution in [0.1, 0.15) is 23.8 Å². The summed E-state index contributed by atoms with van der Waals surface area (Å²) in [4.78, 5) is 4.76. The van der Waals surface area contributed by atoms with Crippen molar-refractivity contribution in [1.82, 2.24) is 10.3 Å². The van der Waals surface area contributed by atoms with Crippen molar-refractivity contribution in [2.45, 2.75) is 18.8 Å². The molecule has 0 amide bonds. The van der Waals surface area contributed by atoms with Gasteiger partial charge in [-0.25, -0.2) is 4.98 Å². The van der Waals surface area contributed by atoms with Gasteiger partial charge in [-0.3, -0.25) is 0 Å². The molecule has 0 aliphatic carbocycles. The average molecular weight is 250 g/mol. The third kappa shape index (κ3) is 2.05. The van der Waals surface area contributed by atoms with E-state index < -0.39 is 0 Å². The Hall–Kier alpha value is -0.710. The number of nitrogens with one attached hydrogen (secondary N) is 1. The fourth-order valence-corrected chi connectivity index (χ4v) is 3.70. The zero-order valence-electron chi connectivity index (χ0n) is 8.98. The van der Waals surface area contributed by atoms with Crippen LogP contribution in [0.4, 0.5) is 0 Å². The van der Waals surface area contributed by atoms with Crippen LogP contribution in [0, 0.1) is 0 Å². The lowest BCUT2D eigenvalue weighted by Gasteiger charge is -2.20. The Morgan fingerprint density at radius 3 is 3.12 bits per heavy atom. The SMILES string of the molecule is c1cc(-c2csc([C@H]3CCCNC3)n2)cs1. The van der Waals surface area contributed by atoms with Crippen molar-refractivity contribution in [3.63, 3.8) is 0 Å². The minimum atomic E-state index is 0.631. The van der Waals surface area contributed by atoms with E-state index >= 15 is 0 Å². The summed E-state index contributed by atoms with van der Waals surface area (Å²) < 4.78 is 0. The van der Waals surface area contributed by atoms with Crippen LogP contribution < -0.4 is 5.32 Å². The number of hydrogen-bond acceptors (Lipinski definition) is 4. The monoisotopic (exact) mass is 250 g/mol. The highest BCUT2D eigenvalue weighted by molar-refractivity contribution is 7.10. The molecule has 0 aromatic carbocycles. The molecule has 1 aliphatic heterocycles. The van der Waals surface area contributed by atoms with E-state index in [0.29, 0.717) is 5.92 Å². The minimum Gasteiger partial charge on any atom is -0.316 e. The topological polar surface area (TPSA) is 24.9 Å². The highest BCUT2D eigenvalue weighted by Gasteiger charge is 2.18. The van der Waals surface area contributed by atoms with Gasteiger partial charge in [0.05, 0.1) is 10.7 Å². The predicted octanol–water partition coefficient (Wildman–Crippen LogP) is 3.34. The average Bonchev–Trinajstić information content (AvgIpc) is 3.01. The fraction of sp³-hybridized carbons (Fsp3) is 0.417. The molecule has 0 saturated carbocycles. The number of thiophene rings is 1. The Balaban J connectivity index is 1.82. The zero-order chi connectivity index (χ0) is 10.8. The summed E-state index contributed by atoms with van der Waals surface area (Å²) >= 11 is 3.54. The second-order valence-corrected chi connectivity index (χ2v) is 5.80. The van der Waals surface area contributed by atoms with E-state index in [0.717, 1.165) is 12.2 Å². The van der Waals surface area contributed by atoms with Crippen molar-refractivity contribution in [2.24, 2.45) is 0 Å². The number of nitrogens with zero attached hydrogens (tertiary/aromatic N) is 1. The Morgan fingerprint density at radius 2 is 2.38 bits per heavy atom. The highest BCUT2D eigenvalue weighted by atomic mass is 32.1. The molecule has 84 valence electrons. The van der Waals surface area contributed by atoms with Gasteiger partial charge in [-0.1, -0.05) is 0 Å². The highest BCUT2D eigenvalue weighted by Crippen LogP contribution is 2.30. The number of hydrogen-bond donors (Lipinski definition) is 1. The van der Waals surface area contributed by atoms with Gasteiger partial charge in [0.15, 0.2) is 0 Å². The van der Waals surface area contributed by atoms with E-state index in [1.54, 1.807) is 11.3 Å². The fourth-order valence-electron chi connectivity index (χ4n) is 2.08. The lowest BCUT2D eigenvalue weighted by Crippen LogP contribution is -2.28. The first-order chi connectivity index (χ1) is 7.93. The molecular weight excluding hydrogens is 236 g/mol. The van der Waals surface area contributed by atoms with Crippen LogP contribution in [0.3, 0.4) is 0 Å². The maximum atomic E-state index is 4.76. The first-order valence-electron chi connectivity index (χ1n) is 5.62. The molecule has 4 heteroatoms. The Kier molecular flexibility index (Phi) is 3.04. The molecule has 16 heavy (non-hydrogen) atoms. The van der Waals surface area contributed by atoms with Crippen molar-refractivity contribution in [3.05, 3.63) is 27.2 Å². The lowest BCUT2D eigenvalue weighted by molar-refractivity contribution is 0.460.